The number of methoxy groups -OCH3 is 2. The number of halogens is 2. The number of para-hydroxylation sites is 2. The van der Waals surface area contributed by atoms with Crippen molar-refractivity contribution < 1.29 is 18.3 Å². The highest BCUT2D eigenvalue weighted by Crippen LogP contribution is 2.39. The second-order valence-corrected chi connectivity index (χ2v) is 9.43. The van der Waals surface area contributed by atoms with Gasteiger partial charge >= 0.3 is 6.55 Å². The van der Waals surface area contributed by atoms with Crippen LogP contribution in [0.15, 0.2) is 47.6 Å². The Balaban J connectivity index is 1.51. The average molecular weight is 500 g/mol. The maximum atomic E-state index is 13.9. The van der Waals surface area contributed by atoms with Gasteiger partial charge in [-0.05, 0) is 43.2 Å². The van der Waals surface area contributed by atoms with E-state index >= 15 is 0 Å². The third-order valence-corrected chi connectivity index (χ3v) is 7.38. The Morgan fingerprint density at radius 1 is 1.00 bits per heavy atom. The molecule has 2 aromatic heterocycles. The fraction of sp³-hybridized carbons (Fsp3) is 0.400. The van der Waals surface area contributed by atoms with Gasteiger partial charge in [-0.25, -0.2) is 4.98 Å². The summed E-state index contributed by atoms with van der Waals surface area (Å²) < 4.78 is 41.8. The van der Waals surface area contributed by atoms with Gasteiger partial charge in [-0.1, -0.05) is 43.2 Å². The number of rotatable bonds is 8. The van der Waals surface area contributed by atoms with Gasteiger partial charge in [0.1, 0.15) is 5.82 Å². The molecule has 0 radical (unpaired) electrons. The number of ether oxygens (including phenoxy) is 2. The van der Waals surface area contributed by atoms with E-state index in [-0.39, 0.29) is 11.8 Å². The van der Waals surface area contributed by atoms with E-state index in [1.165, 1.54) is 18.2 Å². The molecule has 0 atom stereocenters. The second kappa shape index (κ2) is 10.2. The van der Waals surface area contributed by atoms with Crippen molar-refractivity contribution in [1.82, 2.24) is 24.3 Å². The predicted molar refractivity (Wildman–Crippen MR) is 131 cm³/mol. The number of alkyl halides is 2. The van der Waals surface area contributed by atoms with Gasteiger partial charge in [-0.15, -0.1) is 10.2 Å². The highest BCUT2D eigenvalue weighted by Gasteiger charge is 2.26. The number of hydrogen-bond acceptors (Lipinski definition) is 6. The average Bonchev–Trinajstić information content (AvgIpc) is 3.49. The van der Waals surface area contributed by atoms with E-state index in [1.807, 2.05) is 18.2 Å². The van der Waals surface area contributed by atoms with Crippen LogP contribution in [-0.2, 0) is 5.75 Å². The largest absolute Gasteiger partial charge is 0.493 e. The van der Waals surface area contributed by atoms with Crippen LogP contribution in [0.1, 0.15) is 50.5 Å². The molecule has 7 nitrogen and oxygen atoms in total. The monoisotopic (exact) mass is 499 g/mol. The zero-order valence-electron chi connectivity index (χ0n) is 19.7. The van der Waals surface area contributed by atoms with E-state index in [0.717, 1.165) is 41.6 Å². The Morgan fingerprint density at radius 3 is 2.51 bits per heavy atom. The van der Waals surface area contributed by atoms with Gasteiger partial charge in [0.05, 0.1) is 31.0 Å². The van der Waals surface area contributed by atoms with Crippen molar-refractivity contribution >= 4 is 22.8 Å². The molecular weight excluding hydrogens is 472 g/mol. The summed E-state index contributed by atoms with van der Waals surface area (Å²) in [5, 5.41) is 9.72. The lowest BCUT2D eigenvalue weighted by Crippen LogP contribution is -2.15. The molecule has 1 aliphatic carbocycles. The fourth-order valence-corrected chi connectivity index (χ4v) is 5.69. The van der Waals surface area contributed by atoms with Gasteiger partial charge in [0.15, 0.2) is 22.5 Å². The van der Waals surface area contributed by atoms with E-state index in [2.05, 4.69) is 19.7 Å². The number of hydrogen-bond donors (Lipinski definition) is 0. The summed E-state index contributed by atoms with van der Waals surface area (Å²) in [7, 11) is 3.20. The Morgan fingerprint density at radius 2 is 1.77 bits per heavy atom. The number of aromatic nitrogens is 5. The molecule has 184 valence electrons. The molecule has 0 spiro atoms. The van der Waals surface area contributed by atoms with Crippen LogP contribution in [0.25, 0.3) is 22.4 Å². The lowest BCUT2D eigenvalue weighted by molar-refractivity contribution is 0.0722. The Hall–Kier alpha value is -3.14. The van der Waals surface area contributed by atoms with Crippen molar-refractivity contribution in [2.75, 3.05) is 14.2 Å². The molecular formula is C25H27F2N5O2S. The van der Waals surface area contributed by atoms with Crippen molar-refractivity contribution in [2.45, 2.75) is 55.6 Å². The SMILES string of the molecule is COc1ccc(-c2nnc(SCc3nc4ccccc4n3C(F)F)n2C2CCCCC2)cc1OC. The maximum Gasteiger partial charge on any atom is 0.320 e. The molecule has 10 heteroatoms. The smallest absolute Gasteiger partial charge is 0.320 e. The molecule has 4 aromatic rings. The first-order valence-electron chi connectivity index (χ1n) is 11.6. The molecule has 35 heavy (non-hydrogen) atoms. The van der Waals surface area contributed by atoms with Crippen LogP contribution in [-0.4, -0.2) is 38.5 Å². The first-order valence-corrected chi connectivity index (χ1v) is 12.6. The van der Waals surface area contributed by atoms with Crippen molar-refractivity contribution in [1.29, 1.82) is 0 Å². The molecule has 0 N–H and O–H groups in total. The summed E-state index contributed by atoms with van der Waals surface area (Å²) in [4.78, 5) is 4.47. The number of nitrogens with zero attached hydrogens (tertiary/aromatic N) is 5. The van der Waals surface area contributed by atoms with E-state index < -0.39 is 6.55 Å². The zero-order valence-corrected chi connectivity index (χ0v) is 20.5. The summed E-state index contributed by atoms with van der Waals surface area (Å²) in [6, 6.07) is 12.9. The van der Waals surface area contributed by atoms with Crippen molar-refractivity contribution in [3.8, 4) is 22.9 Å². The van der Waals surface area contributed by atoms with Gasteiger partial charge in [0, 0.05) is 11.6 Å². The number of benzene rings is 2. The molecule has 1 aliphatic rings. The minimum absolute atomic E-state index is 0.248. The van der Waals surface area contributed by atoms with Gasteiger partial charge in [0.2, 0.25) is 0 Å². The van der Waals surface area contributed by atoms with Crippen LogP contribution < -0.4 is 9.47 Å². The predicted octanol–water partition coefficient (Wildman–Crippen LogP) is 6.50. The van der Waals surface area contributed by atoms with E-state index in [4.69, 9.17) is 9.47 Å². The third kappa shape index (κ3) is 4.59. The van der Waals surface area contributed by atoms with Gasteiger partial charge in [-0.2, -0.15) is 8.78 Å². The van der Waals surface area contributed by atoms with E-state index in [9.17, 15) is 8.78 Å². The van der Waals surface area contributed by atoms with Crippen molar-refractivity contribution in [3.05, 3.63) is 48.3 Å². The molecule has 0 amide bonds. The highest BCUT2D eigenvalue weighted by atomic mass is 32.2. The summed E-state index contributed by atoms with van der Waals surface area (Å²) in [6.45, 7) is -2.67. The highest BCUT2D eigenvalue weighted by molar-refractivity contribution is 7.98. The molecule has 0 unspecified atom stereocenters. The molecule has 5 rings (SSSR count). The van der Waals surface area contributed by atoms with Gasteiger partial charge in [0.25, 0.3) is 0 Å². The fourth-order valence-electron chi connectivity index (χ4n) is 4.76. The summed E-state index contributed by atoms with van der Waals surface area (Å²) >= 11 is 1.39. The lowest BCUT2D eigenvalue weighted by Gasteiger charge is -2.25. The van der Waals surface area contributed by atoms with Crippen molar-refractivity contribution in [3.63, 3.8) is 0 Å². The minimum atomic E-state index is -2.67. The second-order valence-electron chi connectivity index (χ2n) is 8.49. The molecule has 0 saturated heterocycles. The minimum Gasteiger partial charge on any atom is -0.493 e. The zero-order chi connectivity index (χ0) is 24.4. The standard InChI is InChI=1S/C25H27F2N5O2S/c1-33-20-13-12-16(14-21(20)34-2)23-29-30-25(31(23)17-8-4-3-5-9-17)35-15-22-28-18-10-6-7-11-19(18)32(22)24(26)27/h6-7,10-14,17,24H,3-5,8-9,15H2,1-2H3. The van der Waals surface area contributed by atoms with Crippen molar-refractivity contribution in [2.24, 2.45) is 0 Å². The van der Waals surface area contributed by atoms with Gasteiger partial charge < -0.3 is 9.47 Å². The van der Waals surface area contributed by atoms with Crippen LogP contribution >= 0.6 is 11.8 Å². The van der Waals surface area contributed by atoms with Crippen LogP contribution in [0.5, 0.6) is 11.5 Å². The Kier molecular flexibility index (Phi) is 6.90. The molecule has 2 heterocycles. The van der Waals surface area contributed by atoms with Crippen LogP contribution in [0.4, 0.5) is 8.78 Å². The number of fused-ring (bicyclic) bond motifs is 1. The quantitative estimate of drug-likeness (QED) is 0.258. The molecule has 1 fully saturated rings. The Labute approximate surface area is 206 Å². The first-order chi connectivity index (χ1) is 17.1. The van der Waals surface area contributed by atoms with E-state index in [0.29, 0.717) is 33.5 Å². The first kappa shape index (κ1) is 23.6. The molecule has 2 aromatic carbocycles. The number of thioether (sulfide) groups is 1. The van der Waals surface area contributed by atoms with Crippen LogP contribution in [0, 0.1) is 0 Å². The molecule has 1 saturated carbocycles. The summed E-state index contributed by atoms with van der Waals surface area (Å²) in [5.41, 5.74) is 1.86. The van der Waals surface area contributed by atoms with Crippen LogP contribution in [0.2, 0.25) is 0 Å². The molecule has 0 bridgehead atoms. The Bertz CT molecular complexity index is 1320. The van der Waals surface area contributed by atoms with Crippen LogP contribution in [0.3, 0.4) is 0 Å². The normalized spacial score (nSPS) is 14.7. The maximum absolute atomic E-state index is 13.9. The molecule has 0 aliphatic heterocycles. The third-order valence-electron chi connectivity index (χ3n) is 6.44. The summed E-state index contributed by atoms with van der Waals surface area (Å²) in [6.07, 6.45) is 5.55. The topological polar surface area (TPSA) is 67.0 Å². The lowest BCUT2D eigenvalue weighted by atomic mass is 9.95. The van der Waals surface area contributed by atoms with Gasteiger partial charge in [-0.3, -0.25) is 9.13 Å². The number of imidazole rings is 1. The van der Waals surface area contributed by atoms with E-state index in [1.54, 1.807) is 38.5 Å². The summed E-state index contributed by atoms with van der Waals surface area (Å²) in [5.74, 6) is 2.57.